The van der Waals surface area contributed by atoms with Gasteiger partial charge in [-0.2, -0.15) is 0 Å². The zero-order valence-electron chi connectivity index (χ0n) is 13.7. The summed E-state index contributed by atoms with van der Waals surface area (Å²) in [6.45, 7) is 2.48. The Morgan fingerprint density at radius 1 is 1.17 bits per heavy atom. The second-order valence-electron chi connectivity index (χ2n) is 5.45. The first-order valence-corrected chi connectivity index (χ1v) is 9.06. The molecule has 0 radical (unpaired) electrons. The highest BCUT2D eigenvalue weighted by atomic mass is 32.2. The molecule has 23 heavy (non-hydrogen) atoms. The smallest absolute Gasteiger partial charge is 0.119 e. The fraction of sp³-hybridized carbons (Fsp3) is 0.333. The van der Waals surface area contributed by atoms with Gasteiger partial charge >= 0.3 is 0 Å². The van der Waals surface area contributed by atoms with E-state index in [1.165, 1.54) is 0 Å². The minimum absolute atomic E-state index is 0.0922. The second kappa shape index (κ2) is 8.24. The third-order valence-corrected chi connectivity index (χ3v) is 4.74. The van der Waals surface area contributed by atoms with Gasteiger partial charge in [0, 0.05) is 34.5 Å². The first-order chi connectivity index (χ1) is 11.0. The topological polar surface area (TPSA) is 58.6 Å². The molecule has 0 aliphatic carbocycles. The number of hydrogen-bond donors (Lipinski definition) is 2. The van der Waals surface area contributed by atoms with Crippen LogP contribution in [0.15, 0.2) is 53.4 Å². The Kier molecular flexibility index (Phi) is 6.33. The van der Waals surface area contributed by atoms with E-state index in [0.717, 1.165) is 21.8 Å². The van der Waals surface area contributed by atoms with Crippen LogP contribution in [0.5, 0.6) is 5.75 Å². The molecule has 2 rings (SSSR count). The number of hydrogen-bond acceptors (Lipinski definition) is 4. The minimum atomic E-state index is -0.962. The number of methoxy groups -OCH3 is 1. The zero-order chi connectivity index (χ0) is 16.8. The molecule has 5 heteroatoms. The standard InChI is InChI=1S/C18H23NO3S/c1-13(14-7-9-17(10-8-14)23(3)21)19-12-18(20)15-5-4-6-16(11-15)22-2/h4-11,13,18-20H,12H2,1-3H3/t13-,18-,23+/m1/s1. The third kappa shape index (κ3) is 4.89. The van der Waals surface area contributed by atoms with Crippen LogP contribution in [0.3, 0.4) is 0 Å². The number of ether oxygens (including phenoxy) is 1. The molecular formula is C18H23NO3S. The van der Waals surface area contributed by atoms with Crippen molar-refractivity contribution in [1.29, 1.82) is 0 Å². The Morgan fingerprint density at radius 2 is 1.87 bits per heavy atom. The number of aliphatic hydroxyl groups is 1. The Balaban J connectivity index is 1.94. The van der Waals surface area contributed by atoms with Crippen LogP contribution in [-0.4, -0.2) is 29.2 Å². The summed E-state index contributed by atoms with van der Waals surface area (Å²) in [6, 6.07) is 15.2. The fourth-order valence-corrected chi connectivity index (χ4v) is 2.84. The molecule has 2 aromatic rings. The van der Waals surface area contributed by atoms with Gasteiger partial charge in [-0.05, 0) is 42.3 Å². The molecule has 0 fully saturated rings. The highest BCUT2D eigenvalue weighted by molar-refractivity contribution is 7.84. The Bertz CT molecular complexity index is 658. The Hall–Kier alpha value is -1.69. The number of rotatable bonds is 7. The monoisotopic (exact) mass is 333 g/mol. The molecule has 0 aliphatic heterocycles. The molecule has 3 atom stereocenters. The van der Waals surface area contributed by atoms with Gasteiger partial charge in [0.15, 0.2) is 0 Å². The van der Waals surface area contributed by atoms with Crippen LogP contribution < -0.4 is 10.1 Å². The lowest BCUT2D eigenvalue weighted by Crippen LogP contribution is -2.24. The lowest BCUT2D eigenvalue weighted by atomic mass is 10.1. The summed E-state index contributed by atoms with van der Waals surface area (Å²) in [5, 5.41) is 13.6. The Labute approximate surface area is 140 Å². The van der Waals surface area contributed by atoms with Crippen molar-refractivity contribution in [3.8, 4) is 5.75 Å². The van der Waals surface area contributed by atoms with Crippen molar-refractivity contribution in [2.24, 2.45) is 0 Å². The first-order valence-electron chi connectivity index (χ1n) is 7.50. The van der Waals surface area contributed by atoms with Crippen molar-refractivity contribution in [2.45, 2.75) is 24.0 Å². The molecule has 0 saturated carbocycles. The molecular weight excluding hydrogens is 310 g/mol. The van der Waals surface area contributed by atoms with E-state index in [4.69, 9.17) is 4.74 Å². The predicted molar refractivity (Wildman–Crippen MR) is 93.1 cm³/mol. The highest BCUT2D eigenvalue weighted by Crippen LogP contribution is 2.20. The van der Waals surface area contributed by atoms with Gasteiger partial charge in [-0.25, -0.2) is 0 Å². The first kappa shape index (κ1) is 17.7. The third-order valence-electron chi connectivity index (χ3n) is 3.81. The average Bonchev–Trinajstić information content (AvgIpc) is 2.59. The van der Waals surface area contributed by atoms with Crippen LogP contribution >= 0.6 is 0 Å². The van der Waals surface area contributed by atoms with Crippen molar-refractivity contribution in [1.82, 2.24) is 5.32 Å². The van der Waals surface area contributed by atoms with E-state index in [9.17, 15) is 9.32 Å². The number of benzene rings is 2. The molecule has 0 aliphatic rings. The quantitative estimate of drug-likeness (QED) is 0.818. The van der Waals surface area contributed by atoms with E-state index in [1.54, 1.807) is 13.4 Å². The molecule has 2 N–H and O–H groups in total. The average molecular weight is 333 g/mol. The predicted octanol–water partition coefficient (Wildman–Crippen LogP) is 2.82. The summed E-state index contributed by atoms with van der Waals surface area (Å²) < 4.78 is 16.6. The van der Waals surface area contributed by atoms with Gasteiger partial charge in [0.1, 0.15) is 5.75 Å². The van der Waals surface area contributed by atoms with Crippen molar-refractivity contribution in [2.75, 3.05) is 19.9 Å². The molecule has 0 unspecified atom stereocenters. The largest absolute Gasteiger partial charge is 0.497 e. The fourth-order valence-electron chi connectivity index (χ4n) is 2.32. The SMILES string of the molecule is COc1cccc([C@H](O)CN[C@H](C)c2ccc([S@](C)=O)cc2)c1. The summed E-state index contributed by atoms with van der Waals surface area (Å²) >= 11 is 0. The summed E-state index contributed by atoms with van der Waals surface area (Å²) in [7, 11) is 0.648. The van der Waals surface area contributed by atoms with Gasteiger partial charge in [-0.1, -0.05) is 24.3 Å². The molecule has 0 heterocycles. The summed E-state index contributed by atoms with van der Waals surface area (Å²) in [4.78, 5) is 0.817. The normalized spacial score (nSPS) is 15.0. The van der Waals surface area contributed by atoms with Gasteiger partial charge in [0.2, 0.25) is 0 Å². The van der Waals surface area contributed by atoms with E-state index in [-0.39, 0.29) is 6.04 Å². The van der Waals surface area contributed by atoms with E-state index in [1.807, 2.05) is 55.5 Å². The van der Waals surface area contributed by atoms with Gasteiger partial charge in [0.25, 0.3) is 0 Å². The second-order valence-corrected chi connectivity index (χ2v) is 6.83. The molecule has 0 spiro atoms. The van der Waals surface area contributed by atoms with Crippen molar-refractivity contribution < 1.29 is 14.1 Å². The van der Waals surface area contributed by atoms with Crippen LogP contribution in [-0.2, 0) is 10.8 Å². The van der Waals surface area contributed by atoms with Crippen LogP contribution in [0, 0.1) is 0 Å². The van der Waals surface area contributed by atoms with Gasteiger partial charge < -0.3 is 15.2 Å². The van der Waals surface area contributed by atoms with Crippen LogP contribution in [0.1, 0.15) is 30.2 Å². The molecule has 4 nitrogen and oxygen atoms in total. The van der Waals surface area contributed by atoms with E-state index < -0.39 is 16.9 Å². The molecule has 0 saturated heterocycles. The molecule has 124 valence electrons. The van der Waals surface area contributed by atoms with Crippen molar-refractivity contribution in [3.05, 3.63) is 59.7 Å². The van der Waals surface area contributed by atoms with E-state index >= 15 is 0 Å². The molecule has 0 bridgehead atoms. The molecule has 0 aromatic heterocycles. The van der Waals surface area contributed by atoms with Crippen LogP contribution in [0.2, 0.25) is 0 Å². The van der Waals surface area contributed by atoms with Crippen LogP contribution in [0.25, 0.3) is 0 Å². The summed E-state index contributed by atoms with van der Waals surface area (Å²) in [5.74, 6) is 0.734. The van der Waals surface area contributed by atoms with E-state index in [0.29, 0.717) is 6.54 Å². The maximum absolute atomic E-state index is 11.4. The number of nitrogens with one attached hydrogen (secondary N) is 1. The summed E-state index contributed by atoms with van der Waals surface area (Å²) in [5.41, 5.74) is 1.91. The lowest BCUT2D eigenvalue weighted by molar-refractivity contribution is 0.170. The van der Waals surface area contributed by atoms with Gasteiger partial charge in [-0.3, -0.25) is 4.21 Å². The maximum atomic E-state index is 11.4. The maximum Gasteiger partial charge on any atom is 0.119 e. The van der Waals surface area contributed by atoms with E-state index in [2.05, 4.69) is 5.32 Å². The minimum Gasteiger partial charge on any atom is -0.497 e. The Morgan fingerprint density at radius 3 is 2.48 bits per heavy atom. The molecule has 2 aromatic carbocycles. The van der Waals surface area contributed by atoms with Crippen molar-refractivity contribution in [3.63, 3.8) is 0 Å². The summed E-state index contributed by atoms with van der Waals surface area (Å²) in [6.07, 6.45) is 1.07. The van der Waals surface area contributed by atoms with Gasteiger partial charge in [-0.15, -0.1) is 0 Å². The molecule has 0 amide bonds. The number of aliphatic hydroxyl groups excluding tert-OH is 1. The van der Waals surface area contributed by atoms with Gasteiger partial charge in [0.05, 0.1) is 13.2 Å². The highest BCUT2D eigenvalue weighted by Gasteiger charge is 2.11. The van der Waals surface area contributed by atoms with Crippen LogP contribution in [0.4, 0.5) is 0 Å². The van der Waals surface area contributed by atoms with Crippen molar-refractivity contribution >= 4 is 10.8 Å². The lowest BCUT2D eigenvalue weighted by Gasteiger charge is -2.18. The zero-order valence-corrected chi connectivity index (χ0v) is 14.5.